The van der Waals surface area contributed by atoms with E-state index in [1.54, 1.807) is 0 Å². The Morgan fingerprint density at radius 1 is 1.15 bits per heavy atom. The number of aliphatic imine (C=N–C) groups is 1. The van der Waals surface area contributed by atoms with Crippen molar-refractivity contribution in [3.8, 4) is 5.75 Å². The zero-order valence-corrected chi connectivity index (χ0v) is 18.9. The lowest BCUT2D eigenvalue weighted by molar-refractivity contribution is -0.139. The molecule has 0 amide bonds. The molecule has 3 aliphatic rings. The lowest BCUT2D eigenvalue weighted by atomic mass is 10.0. The molecule has 33 heavy (non-hydrogen) atoms. The number of ether oxygens (including phenoxy) is 1. The minimum atomic E-state index is -4.13. The number of halogens is 3. The van der Waals surface area contributed by atoms with Crippen LogP contribution >= 0.6 is 0 Å². The Labute approximate surface area is 191 Å². The molecular weight excluding hydrogens is 431 g/mol. The molecule has 0 radical (unpaired) electrons. The third-order valence-corrected chi connectivity index (χ3v) is 6.73. The Kier molecular flexibility index (Phi) is 5.55. The third kappa shape index (κ3) is 4.98. The summed E-state index contributed by atoms with van der Waals surface area (Å²) in [4.78, 5) is 17.7. The monoisotopic (exact) mass is 459 g/mol. The standard InChI is InChI=1S/C24H28F3N5O/c1-16-14-32(10-9-31(16)8-7-24(25,26)27)21-12-20(29-15-30-21)22-19-11-18(33-23(2)5-6-23)4-3-17(19)13-28-22/h3-4,11-12,15-16H,5-10,13-14H2,1-2H3/t16-/m0/s1. The molecule has 3 heterocycles. The third-order valence-electron chi connectivity index (χ3n) is 6.73. The summed E-state index contributed by atoms with van der Waals surface area (Å²) in [5.41, 5.74) is 3.71. The van der Waals surface area contributed by atoms with Crippen molar-refractivity contribution in [2.75, 3.05) is 31.1 Å². The zero-order chi connectivity index (χ0) is 23.2. The molecule has 2 aliphatic heterocycles. The van der Waals surface area contributed by atoms with Gasteiger partial charge in [-0.05, 0) is 44.4 Å². The molecular formula is C24H28F3N5O. The average molecular weight is 460 g/mol. The van der Waals surface area contributed by atoms with Gasteiger partial charge >= 0.3 is 6.18 Å². The lowest BCUT2D eigenvalue weighted by Gasteiger charge is -2.40. The minimum Gasteiger partial charge on any atom is -0.488 e. The second-order valence-electron chi connectivity index (χ2n) is 9.49. The van der Waals surface area contributed by atoms with Gasteiger partial charge < -0.3 is 9.64 Å². The lowest BCUT2D eigenvalue weighted by Crippen LogP contribution is -2.52. The maximum absolute atomic E-state index is 12.6. The molecule has 1 atom stereocenters. The molecule has 2 fully saturated rings. The van der Waals surface area contributed by atoms with Crippen molar-refractivity contribution in [2.45, 2.75) is 57.5 Å². The highest BCUT2D eigenvalue weighted by Gasteiger charge is 2.40. The van der Waals surface area contributed by atoms with E-state index in [0.717, 1.165) is 46.9 Å². The first kappa shape index (κ1) is 22.1. The summed E-state index contributed by atoms with van der Waals surface area (Å²) in [6, 6.07) is 8.06. The van der Waals surface area contributed by atoms with E-state index in [4.69, 9.17) is 9.73 Å². The number of alkyl halides is 3. The minimum absolute atomic E-state index is 0.00700. The second-order valence-corrected chi connectivity index (χ2v) is 9.49. The molecule has 1 saturated carbocycles. The number of benzene rings is 1. The van der Waals surface area contributed by atoms with Gasteiger partial charge in [-0.3, -0.25) is 9.89 Å². The van der Waals surface area contributed by atoms with Gasteiger partial charge in [0.15, 0.2) is 0 Å². The van der Waals surface area contributed by atoms with E-state index in [1.807, 2.05) is 30.0 Å². The second kappa shape index (κ2) is 8.27. The number of piperazine rings is 1. The van der Waals surface area contributed by atoms with Crippen LogP contribution in [0.1, 0.15) is 49.9 Å². The molecule has 0 unspecified atom stereocenters. The quantitative estimate of drug-likeness (QED) is 0.648. The Morgan fingerprint density at radius 3 is 2.70 bits per heavy atom. The molecule has 176 valence electrons. The van der Waals surface area contributed by atoms with Gasteiger partial charge in [-0.25, -0.2) is 9.97 Å². The van der Waals surface area contributed by atoms with E-state index in [2.05, 4.69) is 27.9 Å². The number of hydrogen-bond donors (Lipinski definition) is 0. The van der Waals surface area contributed by atoms with E-state index in [1.165, 1.54) is 6.33 Å². The molecule has 0 bridgehead atoms. The summed E-state index contributed by atoms with van der Waals surface area (Å²) >= 11 is 0. The van der Waals surface area contributed by atoms with Crippen LogP contribution in [0.25, 0.3) is 0 Å². The van der Waals surface area contributed by atoms with Crippen molar-refractivity contribution in [1.29, 1.82) is 0 Å². The van der Waals surface area contributed by atoms with Gasteiger partial charge in [0.1, 0.15) is 23.5 Å². The summed E-state index contributed by atoms with van der Waals surface area (Å²) in [5, 5.41) is 0. The van der Waals surface area contributed by atoms with E-state index < -0.39 is 12.6 Å². The zero-order valence-electron chi connectivity index (χ0n) is 18.9. The van der Waals surface area contributed by atoms with Gasteiger partial charge in [0.25, 0.3) is 0 Å². The van der Waals surface area contributed by atoms with Gasteiger partial charge in [0.2, 0.25) is 0 Å². The fourth-order valence-electron chi connectivity index (χ4n) is 4.46. The topological polar surface area (TPSA) is 53.9 Å². The summed E-state index contributed by atoms with van der Waals surface area (Å²) in [6.07, 6.45) is -1.22. The SMILES string of the molecule is C[C@H]1CN(c2cc(C3=NCc4ccc(OC5(C)CC5)cc43)ncn2)CCN1CCC(F)(F)F. The van der Waals surface area contributed by atoms with Crippen LogP contribution in [0.4, 0.5) is 19.0 Å². The number of fused-ring (bicyclic) bond motifs is 1. The molecule has 9 heteroatoms. The number of rotatable bonds is 6. The number of hydrogen-bond acceptors (Lipinski definition) is 6. The Bertz CT molecular complexity index is 1070. The molecule has 1 aromatic carbocycles. The van der Waals surface area contributed by atoms with Crippen LogP contribution in [0.3, 0.4) is 0 Å². The number of nitrogens with zero attached hydrogens (tertiary/aromatic N) is 5. The van der Waals surface area contributed by atoms with Crippen LogP contribution in [-0.2, 0) is 6.54 Å². The van der Waals surface area contributed by atoms with Crippen molar-refractivity contribution in [2.24, 2.45) is 4.99 Å². The maximum Gasteiger partial charge on any atom is 0.390 e. The van der Waals surface area contributed by atoms with Gasteiger partial charge in [-0.15, -0.1) is 0 Å². The maximum atomic E-state index is 12.6. The van der Waals surface area contributed by atoms with Crippen LogP contribution < -0.4 is 9.64 Å². The molecule has 0 spiro atoms. The molecule has 0 N–H and O–H groups in total. The molecule has 6 nitrogen and oxygen atoms in total. The Morgan fingerprint density at radius 2 is 1.97 bits per heavy atom. The van der Waals surface area contributed by atoms with Crippen molar-refractivity contribution < 1.29 is 17.9 Å². The van der Waals surface area contributed by atoms with Crippen LogP contribution in [-0.4, -0.2) is 64.6 Å². The summed E-state index contributed by atoms with van der Waals surface area (Å²) < 4.78 is 44.0. The largest absolute Gasteiger partial charge is 0.488 e. The van der Waals surface area contributed by atoms with Crippen LogP contribution in [0.5, 0.6) is 5.75 Å². The predicted molar refractivity (Wildman–Crippen MR) is 120 cm³/mol. The van der Waals surface area contributed by atoms with Crippen molar-refractivity contribution >= 4 is 11.5 Å². The molecule has 1 aliphatic carbocycles. The van der Waals surface area contributed by atoms with E-state index >= 15 is 0 Å². The normalized spacial score (nSPS) is 22.2. The first-order valence-electron chi connectivity index (χ1n) is 11.4. The highest BCUT2D eigenvalue weighted by molar-refractivity contribution is 6.14. The van der Waals surface area contributed by atoms with Crippen molar-refractivity contribution in [1.82, 2.24) is 14.9 Å². The van der Waals surface area contributed by atoms with Crippen LogP contribution in [0.2, 0.25) is 0 Å². The first-order chi connectivity index (χ1) is 15.7. The van der Waals surface area contributed by atoms with Gasteiger partial charge in [0, 0.05) is 43.9 Å². The highest BCUT2D eigenvalue weighted by Crippen LogP contribution is 2.40. The van der Waals surface area contributed by atoms with Gasteiger partial charge in [0.05, 0.1) is 24.4 Å². The van der Waals surface area contributed by atoms with Crippen molar-refractivity contribution in [3.63, 3.8) is 0 Å². The average Bonchev–Trinajstić information content (AvgIpc) is 3.34. The molecule has 5 rings (SSSR count). The van der Waals surface area contributed by atoms with E-state index in [0.29, 0.717) is 26.2 Å². The Balaban J connectivity index is 1.30. The summed E-state index contributed by atoms with van der Waals surface area (Å²) in [7, 11) is 0. The molecule has 1 saturated heterocycles. The fourth-order valence-corrected chi connectivity index (χ4v) is 4.46. The Hall–Kier alpha value is -2.68. The van der Waals surface area contributed by atoms with Crippen LogP contribution in [0.15, 0.2) is 35.6 Å². The van der Waals surface area contributed by atoms with Crippen molar-refractivity contribution in [3.05, 3.63) is 47.4 Å². The summed E-state index contributed by atoms with van der Waals surface area (Å²) in [5.74, 6) is 1.62. The number of aromatic nitrogens is 2. The first-order valence-corrected chi connectivity index (χ1v) is 11.4. The number of anilines is 1. The molecule has 1 aromatic heterocycles. The van der Waals surface area contributed by atoms with Crippen LogP contribution in [0, 0.1) is 0 Å². The van der Waals surface area contributed by atoms with Gasteiger partial charge in [-0.2, -0.15) is 13.2 Å². The molecule has 2 aromatic rings. The predicted octanol–water partition coefficient (Wildman–Crippen LogP) is 4.22. The van der Waals surface area contributed by atoms with Gasteiger partial charge in [-0.1, -0.05) is 6.07 Å². The van der Waals surface area contributed by atoms with E-state index in [9.17, 15) is 13.2 Å². The summed E-state index contributed by atoms with van der Waals surface area (Å²) in [6.45, 7) is 6.53. The smallest absolute Gasteiger partial charge is 0.390 e. The fraction of sp³-hybridized carbons (Fsp3) is 0.542. The highest BCUT2D eigenvalue weighted by atomic mass is 19.4. The van der Waals surface area contributed by atoms with E-state index in [-0.39, 0.29) is 18.2 Å².